The van der Waals surface area contributed by atoms with Gasteiger partial charge in [0, 0.05) is 30.6 Å². The van der Waals surface area contributed by atoms with Crippen LogP contribution in [0, 0.1) is 5.92 Å². The zero-order chi connectivity index (χ0) is 17.9. The van der Waals surface area contributed by atoms with Crippen LogP contribution in [0.5, 0.6) is 5.88 Å². The molecule has 9 heteroatoms. The number of likely N-dealkylation sites (tertiary alicyclic amines) is 1. The molecular weight excluding hydrogens is 355 g/mol. The minimum Gasteiger partial charge on any atom is -0.477 e. The predicted molar refractivity (Wildman–Crippen MR) is 85.5 cm³/mol. The molecule has 0 aliphatic carbocycles. The summed E-state index contributed by atoms with van der Waals surface area (Å²) in [5.41, 5.74) is 1.11. The molecule has 25 heavy (non-hydrogen) atoms. The molecule has 0 saturated carbocycles. The number of piperidine rings is 1. The summed E-state index contributed by atoms with van der Waals surface area (Å²) < 4.78 is 44.2. The number of hydrogen-bond donors (Lipinski definition) is 0. The number of alkyl halides is 3. The van der Waals surface area contributed by atoms with Gasteiger partial charge in [-0.3, -0.25) is 4.79 Å². The van der Waals surface area contributed by atoms with E-state index in [1.54, 1.807) is 15.8 Å². The maximum atomic E-state index is 13.0. The van der Waals surface area contributed by atoms with Crippen LogP contribution >= 0.6 is 11.3 Å². The second-order valence-corrected chi connectivity index (χ2v) is 6.52. The highest BCUT2D eigenvalue weighted by molar-refractivity contribution is 7.07. The van der Waals surface area contributed by atoms with E-state index in [2.05, 4.69) is 9.97 Å². The number of hydrogen-bond acceptors (Lipinski definition) is 5. The lowest BCUT2D eigenvalue weighted by molar-refractivity contribution is -0.139. The molecule has 1 atom stereocenters. The van der Waals surface area contributed by atoms with Crippen molar-refractivity contribution >= 4 is 17.2 Å². The maximum Gasteiger partial charge on any atom is 0.421 e. The molecule has 0 spiro atoms. The van der Waals surface area contributed by atoms with E-state index in [1.807, 2.05) is 0 Å². The lowest BCUT2D eigenvalue weighted by Gasteiger charge is -2.32. The third-order valence-electron chi connectivity index (χ3n) is 3.99. The van der Waals surface area contributed by atoms with E-state index >= 15 is 0 Å². The Hall–Kier alpha value is -2.16. The molecule has 2 aromatic rings. The van der Waals surface area contributed by atoms with Crippen molar-refractivity contribution in [2.45, 2.75) is 19.0 Å². The summed E-state index contributed by atoms with van der Waals surface area (Å²) in [4.78, 5) is 21.7. The van der Waals surface area contributed by atoms with Crippen molar-refractivity contribution in [1.29, 1.82) is 0 Å². The number of carbonyl (C=O) groups is 1. The maximum absolute atomic E-state index is 13.0. The minimum atomic E-state index is -4.51. The summed E-state index contributed by atoms with van der Waals surface area (Å²) in [5, 5.41) is 1.69. The van der Waals surface area contributed by atoms with E-state index in [1.165, 1.54) is 23.6 Å². The summed E-state index contributed by atoms with van der Waals surface area (Å²) in [5.74, 6) is -0.614. The fourth-order valence-electron chi connectivity index (χ4n) is 2.78. The molecule has 134 valence electrons. The summed E-state index contributed by atoms with van der Waals surface area (Å²) in [7, 11) is 0. The molecule has 1 fully saturated rings. The Morgan fingerprint density at radius 1 is 1.40 bits per heavy atom. The van der Waals surface area contributed by atoms with Crippen LogP contribution in [0.2, 0.25) is 0 Å². The molecule has 1 unspecified atom stereocenters. The molecule has 1 saturated heterocycles. The second-order valence-electron chi connectivity index (χ2n) is 5.80. The Morgan fingerprint density at radius 3 is 2.96 bits per heavy atom. The number of halogens is 3. The lowest BCUT2D eigenvalue weighted by atomic mass is 9.99. The Bertz CT molecular complexity index is 722. The van der Waals surface area contributed by atoms with Crippen LogP contribution in [-0.4, -0.2) is 40.5 Å². The molecule has 3 rings (SSSR count). The molecule has 1 aliphatic heterocycles. The first-order chi connectivity index (χ1) is 11.9. The number of ether oxygens (including phenoxy) is 1. The molecule has 2 aromatic heterocycles. The highest BCUT2D eigenvalue weighted by atomic mass is 32.1. The van der Waals surface area contributed by atoms with Crippen LogP contribution in [-0.2, 0) is 6.18 Å². The standard InChI is InChI=1S/C16H16F3N3O2S/c17-16(18,19)12-4-1-5-20-14(12)24-8-11-3-2-6-22(7-11)15(23)13-9-25-10-21-13/h1,4-5,9-11H,2-3,6-8H2. The van der Waals surface area contributed by atoms with Crippen LogP contribution < -0.4 is 4.74 Å². The van der Waals surface area contributed by atoms with Crippen molar-refractivity contribution in [3.05, 3.63) is 40.5 Å². The largest absolute Gasteiger partial charge is 0.477 e. The number of aromatic nitrogens is 2. The first-order valence-corrected chi connectivity index (χ1v) is 8.72. The molecule has 1 amide bonds. The van der Waals surface area contributed by atoms with Crippen LogP contribution in [0.1, 0.15) is 28.9 Å². The second kappa shape index (κ2) is 7.38. The average molecular weight is 371 g/mol. The summed E-state index contributed by atoms with van der Waals surface area (Å²) >= 11 is 1.35. The van der Waals surface area contributed by atoms with E-state index in [-0.39, 0.29) is 18.4 Å². The summed E-state index contributed by atoms with van der Waals surface area (Å²) in [6, 6.07) is 2.17. The van der Waals surface area contributed by atoms with E-state index in [0.717, 1.165) is 18.9 Å². The first-order valence-electron chi connectivity index (χ1n) is 7.77. The van der Waals surface area contributed by atoms with Gasteiger partial charge in [0.05, 0.1) is 12.1 Å². The van der Waals surface area contributed by atoms with Gasteiger partial charge >= 0.3 is 6.18 Å². The van der Waals surface area contributed by atoms with Gasteiger partial charge in [0.1, 0.15) is 11.3 Å². The van der Waals surface area contributed by atoms with Gasteiger partial charge in [-0.2, -0.15) is 13.2 Å². The van der Waals surface area contributed by atoms with Gasteiger partial charge in [-0.25, -0.2) is 9.97 Å². The molecule has 1 aliphatic rings. The SMILES string of the molecule is O=C(c1cscn1)N1CCCC(COc2ncccc2C(F)(F)F)C1. The van der Waals surface area contributed by atoms with Gasteiger partial charge in [-0.15, -0.1) is 11.3 Å². The fourth-order valence-corrected chi connectivity index (χ4v) is 3.31. The van der Waals surface area contributed by atoms with Gasteiger partial charge in [0.25, 0.3) is 5.91 Å². The number of pyridine rings is 1. The number of nitrogens with zero attached hydrogens (tertiary/aromatic N) is 3. The third kappa shape index (κ3) is 4.28. The zero-order valence-corrected chi connectivity index (χ0v) is 14.0. The Kier molecular flexibility index (Phi) is 5.22. The molecule has 5 nitrogen and oxygen atoms in total. The van der Waals surface area contributed by atoms with Crippen LogP contribution in [0.3, 0.4) is 0 Å². The van der Waals surface area contributed by atoms with Gasteiger partial charge < -0.3 is 9.64 Å². The van der Waals surface area contributed by atoms with Gasteiger partial charge in [-0.1, -0.05) is 0 Å². The minimum absolute atomic E-state index is 0.0422. The molecule has 3 heterocycles. The monoisotopic (exact) mass is 371 g/mol. The number of carbonyl (C=O) groups excluding carboxylic acids is 1. The van der Waals surface area contributed by atoms with Gasteiger partial charge in [0.15, 0.2) is 0 Å². The Balaban J connectivity index is 1.62. The fraction of sp³-hybridized carbons (Fsp3) is 0.438. The van der Waals surface area contributed by atoms with Crippen molar-refractivity contribution in [2.24, 2.45) is 5.92 Å². The van der Waals surface area contributed by atoms with E-state index in [0.29, 0.717) is 18.8 Å². The van der Waals surface area contributed by atoms with Crippen molar-refractivity contribution < 1.29 is 22.7 Å². The van der Waals surface area contributed by atoms with Crippen molar-refractivity contribution in [3.63, 3.8) is 0 Å². The normalized spacial score (nSPS) is 18.2. The van der Waals surface area contributed by atoms with Crippen LogP contribution in [0.25, 0.3) is 0 Å². The first kappa shape index (κ1) is 17.7. The number of rotatable bonds is 4. The topological polar surface area (TPSA) is 55.3 Å². The van der Waals surface area contributed by atoms with Crippen LogP contribution in [0.15, 0.2) is 29.2 Å². The molecule has 0 radical (unpaired) electrons. The predicted octanol–water partition coefficient (Wildman–Crippen LogP) is 3.49. The lowest BCUT2D eigenvalue weighted by Crippen LogP contribution is -2.41. The molecule has 0 aromatic carbocycles. The van der Waals surface area contributed by atoms with Gasteiger partial charge in [0.2, 0.25) is 5.88 Å². The van der Waals surface area contributed by atoms with Crippen LogP contribution in [0.4, 0.5) is 13.2 Å². The number of amides is 1. The smallest absolute Gasteiger partial charge is 0.421 e. The van der Waals surface area contributed by atoms with Crippen molar-refractivity contribution in [2.75, 3.05) is 19.7 Å². The molecular formula is C16H16F3N3O2S. The zero-order valence-electron chi connectivity index (χ0n) is 13.2. The van der Waals surface area contributed by atoms with E-state index in [4.69, 9.17) is 4.74 Å². The van der Waals surface area contributed by atoms with Crippen molar-refractivity contribution in [1.82, 2.24) is 14.9 Å². The summed E-state index contributed by atoms with van der Waals surface area (Å²) in [6.45, 7) is 1.13. The highest BCUT2D eigenvalue weighted by Crippen LogP contribution is 2.35. The highest BCUT2D eigenvalue weighted by Gasteiger charge is 2.35. The average Bonchev–Trinajstić information content (AvgIpc) is 3.13. The van der Waals surface area contributed by atoms with E-state index < -0.39 is 17.6 Å². The Morgan fingerprint density at radius 2 is 2.24 bits per heavy atom. The van der Waals surface area contributed by atoms with Gasteiger partial charge in [-0.05, 0) is 25.0 Å². The molecule has 0 N–H and O–H groups in total. The molecule has 0 bridgehead atoms. The quantitative estimate of drug-likeness (QED) is 0.826. The third-order valence-corrected chi connectivity index (χ3v) is 4.58. The summed E-state index contributed by atoms with van der Waals surface area (Å²) in [6.07, 6.45) is -1.68. The Labute approximate surface area is 146 Å². The number of thiazole rings is 1. The van der Waals surface area contributed by atoms with E-state index in [9.17, 15) is 18.0 Å². The van der Waals surface area contributed by atoms with Crippen molar-refractivity contribution in [3.8, 4) is 5.88 Å².